The van der Waals surface area contributed by atoms with E-state index in [1.54, 1.807) is 12.1 Å². The van der Waals surface area contributed by atoms with Crippen molar-refractivity contribution < 1.29 is 13.2 Å². The van der Waals surface area contributed by atoms with Gasteiger partial charge in [0, 0.05) is 28.7 Å². The van der Waals surface area contributed by atoms with Crippen LogP contribution >= 0.6 is 15.9 Å². The molecule has 8 heteroatoms. The average molecular weight is 436 g/mol. The van der Waals surface area contributed by atoms with Gasteiger partial charge in [0.25, 0.3) is 5.91 Å². The lowest BCUT2D eigenvalue weighted by Gasteiger charge is -2.15. The van der Waals surface area contributed by atoms with Crippen molar-refractivity contribution in [2.75, 3.05) is 13.1 Å². The van der Waals surface area contributed by atoms with E-state index in [1.807, 2.05) is 24.3 Å². The zero-order chi connectivity index (χ0) is 18.6. The summed E-state index contributed by atoms with van der Waals surface area (Å²) in [6, 6.07) is 13.5. The van der Waals surface area contributed by atoms with Gasteiger partial charge in [-0.3, -0.25) is 4.79 Å². The van der Waals surface area contributed by atoms with Gasteiger partial charge in [0.15, 0.2) is 0 Å². The Morgan fingerprint density at radius 2 is 1.85 bits per heavy atom. The Labute approximate surface area is 161 Å². The summed E-state index contributed by atoms with van der Waals surface area (Å²) in [4.78, 5) is 12.4. The maximum Gasteiger partial charge on any atom is 0.271 e. The van der Waals surface area contributed by atoms with Gasteiger partial charge < -0.3 is 0 Å². The molecule has 1 aliphatic heterocycles. The summed E-state index contributed by atoms with van der Waals surface area (Å²) in [5.41, 5.74) is 3.49. The van der Waals surface area contributed by atoms with E-state index in [4.69, 9.17) is 0 Å². The van der Waals surface area contributed by atoms with E-state index in [-0.39, 0.29) is 10.5 Å². The number of nitrogens with one attached hydrogen (secondary N) is 1. The first-order valence-electron chi connectivity index (χ1n) is 8.16. The second-order valence-corrected chi connectivity index (χ2v) is 8.65. The summed E-state index contributed by atoms with van der Waals surface area (Å²) in [6.45, 7) is 1.05. The van der Waals surface area contributed by atoms with Crippen LogP contribution in [0.15, 0.2) is 63.0 Å². The van der Waals surface area contributed by atoms with Crippen molar-refractivity contribution in [3.8, 4) is 0 Å². The number of hydrazone groups is 1. The SMILES string of the molecule is O=C(N/N=C/c1ccccc1Br)c1cccc(S(=O)(=O)N2CCCC2)c1. The Hall–Kier alpha value is -2.03. The molecule has 0 atom stereocenters. The molecule has 0 radical (unpaired) electrons. The average Bonchev–Trinajstić information content (AvgIpc) is 3.19. The zero-order valence-corrected chi connectivity index (χ0v) is 16.3. The van der Waals surface area contributed by atoms with Crippen molar-refractivity contribution in [3.63, 3.8) is 0 Å². The Morgan fingerprint density at radius 3 is 2.58 bits per heavy atom. The van der Waals surface area contributed by atoms with Crippen molar-refractivity contribution >= 4 is 38.1 Å². The Kier molecular flexibility index (Phi) is 5.85. The molecule has 3 rings (SSSR count). The van der Waals surface area contributed by atoms with Crippen molar-refractivity contribution in [1.29, 1.82) is 0 Å². The van der Waals surface area contributed by atoms with Crippen molar-refractivity contribution in [3.05, 3.63) is 64.1 Å². The standard InChI is InChI=1S/C18H18BrN3O3S/c19-17-9-2-1-6-15(17)13-20-21-18(23)14-7-5-8-16(12-14)26(24,25)22-10-3-4-11-22/h1-2,5-9,12-13H,3-4,10-11H2,(H,21,23)/b20-13+. The predicted molar refractivity (Wildman–Crippen MR) is 104 cm³/mol. The van der Waals surface area contributed by atoms with Gasteiger partial charge in [0.2, 0.25) is 10.0 Å². The Morgan fingerprint density at radius 1 is 1.12 bits per heavy atom. The van der Waals surface area contributed by atoms with E-state index in [0.717, 1.165) is 22.9 Å². The third-order valence-corrected chi connectivity index (χ3v) is 6.69. The second-order valence-electron chi connectivity index (χ2n) is 5.86. The van der Waals surface area contributed by atoms with Crippen LogP contribution in [0.1, 0.15) is 28.8 Å². The van der Waals surface area contributed by atoms with E-state index in [9.17, 15) is 13.2 Å². The molecule has 0 unspecified atom stereocenters. The second kappa shape index (κ2) is 8.11. The van der Waals surface area contributed by atoms with Crippen LogP contribution in [0.3, 0.4) is 0 Å². The minimum Gasteiger partial charge on any atom is -0.267 e. The number of halogens is 1. The van der Waals surface area contributed by atoms with Crippen LogP contribution in [0.2, 0.25) is 0 Å². The van der Waals surface area contributed by atoms with Gasteiger partial charge in [-0.05, 0) is 37.1 Å². The lowest BCUT2D eigenvalue weighted by molar-refractivity contribution is 0.0955. The molecule has 1 N–H and O–H groups in total. The molecule has 0 saturated carbocycles. The Bertz CT molecular complexity index is 938. The minimum absolute atomic E-state index is 0.127. The highest BCUT2D eigenvalue weighted by Crippen LogP contribution is 2.21. The number of hydrogen-bond acceptors (Lipinski definition) is 4. The molecule has 136 valence electrons. The van der Waals surface area contributed by atoms with Gasteiger partial charge >= 0.3 is 0 Å². The van der Waals surface area contributed by atoms with Gasteiger partial charge in [-0.1, -0.05) is 40.2 Å². The summed E-state index contributed by atoms with van der Waals surface area (Å²) in [5, 5.41) is 3.93. The first-order valence-corrected chi connectivity index (χ1v) is 10.4. The molecule has 1 aliphatic rings. The number of hydrogen-bond donors (Lipinski definition) is 1. The summed E-state index contributed by atoms with van der Waals surface area (Å²) in [7, 11) is -3.56. The number of sulfonamides is 1. The minimum atomic E-state index is -3.56. The summed E-state index contributed by atoms with van der Waals surface area (Å²) in [6.07, 6.45) is 3.25. The smallest absolute Gasteiger partial charge is 0.267 e. The molecule has 26 heavy (non-hydrogen) atoms. The van der Waals surface area contributed by atoms with Crippen molar-refractivity contribution in [2.45, 2.75) is 17.7 Å². The summed E-state index contributed by atoms with van der Waals surface area (Å²) in [5.74, 6) is -0.466. The van der Waals surface area contributed by atoms with Crippen molar-refractivity contribution in [1.82, 2.24) is 9.73 Å². The number of amides is 1. The van der Waals surface area contributed by atoms with Crippen LogP contribution in [-0.4, -0.2) is 37.9 Å². The summed E-state index contributed by atoms with van der Waals surface area (Å²) < 4.78 is 27.5. The van der Waals surface area contributed by atoms with Crippen LogP contribution in [0, 0.1) is 0 Å². The Balaban J connectivity index is 1.73. The highest BCUT2D eigenvalue weighted by atomic mass is 79.9. The van der Waals surface area contributed by atoms with E-state index < -0.39 is 15.9 Å². The van der Waals surface area contributed by atoms with Crippen LogP contribution in [0.5, 0.6) is 0 Å². The largest absolute Gasteiger partial charge is 0.271 e. The molecular weight excluding hydrogens is 418 g/mol. The van der Waals surface area contributed by atoms with Gasteiger partial charge in [-0.25, -0.2) is 13.8 Å². The number of benzene rings is 2. The first-order chi connectivity index (χ1) is 12.5. The molecule has 2 aromatic carbocycles. The van der Waals surface area contributed by atoms with E-state index in [2.05, 4.69) is 26.5 Å². The van der Waals surface area contributed by atoms with E-state index >= 15 is 0 Å². The third-order valence-electron chi connectivity index (χ3n) is 4.07. The van der Waals surface area contributed by atoms with Gasteiger partial charge in [-0.15, -0.1) is 0 Å². The molecule has 1 fully saturated rings. The lowest BCUT2D eigenvalue weighted by Crippen LogP contribution is -2.28. The molecule has 6 nitrogen and oxygen atoms in total. The fraction of sp³-hybridized carbons (Fsp3) is 0.222. The topological polar surface area (TPSA) is 78.8 Å². The lowest BCUT2D eigenvalue weighted by atomic mass is 10.2. The molecular formula is C18H18BrN3O3S. The van der Waals surface area contributed by atoms with E-state index in [0.29, 0.717) is 13.1 Å². The fourth-order valence-electron chi connectivity index (χ4n) is 2.68. The molecule has 0 bridgehead atoms. The number of nitrogens with zero attached hydrogens (tertiary/aromatic N) is 2. The predicted octanol–water partition coefficient (Wildman–Crippen LogP) is 3.00. The molecule has 0 aromatic heterocycles. The van der Waals surface area contributed by atoms with Crippen LogP contribution in [0.25, 0.3) is 0 Å². The van der Waals surface area contributed by atoms with Crippen LogP contribution < -0.4 is 5.43 Å². The zero-order valence-electron chi connectivity index (χ0n) is 13.9. The normalized spacial score (nSPS) is 15.4. The number of rotatable bonds is 5. The monoisotopic (exact) mass is 435 g/mol. The molecule has 1 heterocycles. The molecule has 1 saturated heterocycles. The number of carbonyl (C=O) groups excluding carboxylic acids is 1. The first kappa shape index (κ1) is 18.8. The number of carbonyl (C=O) groups is 1. The van der Waals surface area contributed by atoms with Crippen LogP contribution in [0.4, 0.5) is 0 Å². The maximum atomic E-state index is 12.6. The molecule has 1 amide bonds. The summed E-state index contributed by atoms with van der Waals surface area (Å²) >= 11 is 3.40. The molecule has 2 aromatic rings. The highest BCUT2D eigenvalue weighted by molar-refractivity contribution is 9.10. The van der Waals surface area contributed by atoms with E-state index in [1.165, 1.54) is 22.7 Å². The van der Waals surface area contributed by atoms with Gasteiger partial charge in [-0.2, -0.15) is 9.41 Å². The fourth-order valence-corrected chi connectivity index (χ4v) is 4.63. The third kappa shape index (κ3) is 4.20. The highest BCUT2D eigenvalue weighted by Gasteiger charge is 2.27. The quantitative estimate of drug-likeness (QED) is 0.578. The molecule has 0 aliphatic carbocycles. The van der Waals surface area contributed by atoms with Crippen LogP contribution in [-0.2, 0) is 10.0 Å². The molecule has 0 spiro atoms. The maximum absolute atomic E-state index is 12.6. The van der Waals surface area contributed by atoms with Gasteiger partial charge in [0.05, 0.1) is 11.1 Å². The van der Waals surface area contributed by atoms with Gasteiger partial charge in [0.1, 0.15) is 0 Å². The van der Waals surface area contributed by atoms with Crippen molar-refractivity contribution in [2.24, 2.45) is 5.10 Å².